The molecule has 0 unspecified atom stereocenters. The molecular formula is C15H18BrClN2O. The number of nitrogens with zero attached hydrogens (tertiary/aromatic N) is 1. The van der Waals surface area contributed by atoms with Crippen molar-refractivity contribution in [3.8, 4) is 6.07 Å². The van der Waals surface area contributed by atoms with Gasteiger partial charge in [-0.1, -0.05) is 44.4 Å². The third kappa shape index (κ3) is 3.74. The first kappa shape index (κ1) is 17.0. The van der Waals surface area contributed by atoms with E-state index in [0.717, 1.165) is 12.8 Å². The van der Waals surface area contributed by atoms with Crippen LogP contribution in [0.25, 0.3) is 0 Å². The maximum atomic E-state index is 12.5. The van der Waals surface area contributed by atoms with Gasteiger partial charge in [0.15, 0.2) is 0 Å². The van der Waals surface area contributed by atoms with Crippen LogP contribution in [0.1, 0.15) is 39.5 Å². The molecule has 3 nitrogen and oxygen atoms in total. The van der Waals surface area contributed by atoms with Gasteiger partial charge < -0.3 is 5.32 Å². The Hall–Kier alpha value is -1.05. The van der Waals surface area contributed by atoms with Crippen LogP contribution in [0.4, 0.5) is 5.69 Å². The summed E-state index contributed by atoms with van der Waals surface area (Å²) in [6, 6.07) is 7.46. The molecule has 1 aromatic carbocycles. The lowest BCUT2D eigenvalue weighted by atomic mass is 9.79. The molecule has 5 heteroatoms. The highest BCUT2D eigenvalue weighted by Gasteiger charge is 2.37. The number of amides is 1. The highest BCUT2D eigenvalue weighted by Crippen LogP contribution is 2.34. The topological polar surface area (TPSA) is 52.9 Å². The summed E-state index contributed by atoms with van der Waals surface area (Å²) >= 11 is 9.35. The Balaban J connectivity index is 3.02. The average Bonchev–Trinajstić information content (AvgIpc) is 2.43. The molecule has 0 aromatic heterocycles. The predicted molar refractivity (Wildman–Crippen MR) is 85.6 cm³/mol. The van der Waals surface area contributed by atoms with Crippen LogP contribution in [0, 0.1) is 16.7 Å². The molecule has 0 bridgehead atoms. The number of benzene rings is 1. The number of carbonyl (C=O) groups excluding carboxylic acids is 1. The van der Waals surface area contributed by atoms with Crippen molar-refractivity contribution in [2.24, 2.45) is 5.41 Å². The van der Waals surface area contributed by atoms with Crippen molar-refractivity contribution in [3.63, 3.8) is 0 Å². The lowest BCUT2D eigenvalue weighted by Crippen LogP contribution is -2.35. The van der Waals surface area contributed by atoms with Gasteiger partial charge in [-0.25, -0.2) is 0 Å². The fourth-order valence-electron chi connectivity index (χ4n) is 2.21. The Bertz CT molecular complexity index is 519. The Morgan fingerprint density at radius 3 is 2.50 bits per heavy atom. The zero-order valence-corrected chi connectivity index (χ0v) is 14.0. The molecule has 1 aromatic rings. The smallest absolute Gasteiger partial charge is 0.244 e. The molecule has 0 spiro atoms. The molecule has 0 atom stereocenters. The minimum absolute atomic E-state index is 0.258. The van der Waals surface area contributed by atoms with Crippen molar-refractivity contribution in [2.45, 2.75) is 39.5 Å². The van der Waals surface area contributed by atoms with Crippen LogP contribution in [0.3, 0.4) is 0 Å². The van der Waals surface area contributed by atoms with E-state index in [0.29, 0.717) is 28.0 Å². The van der Waals surface area contributed by atoms with Crippen molar-refractivity contribution in [2.75, 3.05) is 5.32 Å². The molecule has 0 heterocycles. The maximum absolute atomic E-state index is 12.5. The highest BCUT2D eigenvalue weighted by atomic mass is 79.9. The molecule has 0 radical (unpaired) electrons. The molecule has 1 amide bonds. The second kappa shape index (κ2) is 7.66. The highest BCUT2D eigenvalue weighted by molar-refractivity contribution is 9.10. The van der Waals surface area contributed by atoms with E-state index in [1.807, 2.05) is 13.8 Å². The van der Waals surface area contributed by atoms with Crippen molar-refractivity contribution in [1.29, 1.82) is 5.26 Å². The molecule has 0 aliphatic rings. The van der Waals surface area contributed by atoms with Crippen LogP contribution >= 0.6 is 27.5 Å². The summed E-state index contributed by atoms with van der Waals surface area (Å²) in [4.78, 5) is 12.5. The summed E-state index contributed by atoms with van der Waals surface area (Å²) in [5, 5.41) is 12.8. The van der Waals surface area contributed by atoms with Crippen molar-refractivity contribution < 1.29 is 4.79 Å². The van der Waals surface area contributed by atoms with Crippen LogP contribution in [0.15, 0.2) is 22.7 Å². The predicted octanol–water partition coefficient (Wildman–Crippen LogP) is 5.15. The van der Waals surface area contributed by atoms with E-state index >= 15 is 0 Å². The van der Waals surface area contributed by atoms with Gasteiger partial charge in [-0.2, -0.15) is 5.26 Å². The van der Waals surface area contributed by atoms with Crippen LogP contribution in [-0.4, -0.2) is 5.91 Å². The summed E-state index contributed by atoms with van der Waals surface area (Å²) in [6.45, 7) is 3.95. The first-order valence-electron chi connectivity index (χ1n) is 6.67. The number of hydrogen-bond donors (Lipinski definition) is 1. The Labute approximate surface area is 133 Å². The number of nitrogens with one attached hydrogen (secondary N) is 1. The van der Waals surface area contributed by atoms with Gasteiger partial charge in [-0.05, 0) is 40.9 Å². The normalized spacial score (nSPS) is 10.9. The number of anilines is 1. The standard InChI is InChI=1S/C15H18BrClN2O/c1-3-8-15(10-18,9-4-2)14(20)19-12-7-5-6-11(17)13(12)16/h5-7H,3-4,8-9H2,1-2H3,(H,19,20). The third-order valence-corrected chi connectivity index (χ3v) is 4.60. The lowest BCUT2D eigenvalue weighted by Gasteiger charge is -2.25. The van der Waals surface area contributed by atoms with Crippen LogP contribution in [-0.2, 0) is 4.79 Å². The van der Waals surface area contributed by atoms with Crippen molar-refractivity contribution in [3.05, 3.63) is 27.7 Å². The minimum Gasteiger partial charge on any atom is -0.324 e. The van der Waals surface area contributed by atoms with E-state index in [-0.39, 0.29) is 5.91 Å². The van der Waals surface area contributed by atoms with Gasteiger partial charge in [0.2, 0.25) is 5.91 Å². The number of carbonyl (C=O) groups is 1. The van der Waals surface area contributed by atoms with Gasteiger partial charge in [0.05, 0.1) is 21.3 Å². The summed E-state index contributed by atoms with van der Waals surface area (Å²) in [5.74, 6) is -0.258. The molecule has 0 fully saturated rings. The van der Waals surface area contributed by atoms with Crippen molar-refractivity contribution in [1.82, 2.24) is 0 Å². The quantitative estimate of drug-likeness (QED) is 0.765. The first-order valence-corrected chi connectivity index (χ1v) is 7.84. The van der Waals surface area contributed by atoms with Crippen LogP contribution < -0.4 is 5.32 Å². The second-order valence-electron chi connectivity index (χ2n) is 4.75. The van der Waals surface area contributed by atoms with Gasteiger partial charge in [-0.15, -0.1) is 0 Å². The zero-order valence-electron chi connectivity index (χ0n) is 11.7. The molecule has 0 aliphatic heterocycles. The SMILES string of the molecule is CCCC(C#N)(CCC)C(=O)Nc1cccc(Cl)c1Br. The third-order valence-electron chi connectivity index (χ3n) is 3.20. The van der Waals surface area contributed by atoms with E-state index in [2.05, 4.69) is 27.3 Å². The number of nitriles is 1. The molecule has 0 saturated heterocycles. The minimum atomic E-state index is -0.967. The summed E-state index contributed by atoms with van der Waals surface area (Å²) in [6.07, 6.45) is 2.69. The van der Waals surface area contributed by atoms with Gasteiger partial charge >= 0.3 is 0 Å². The average molecular weight is 358 g/mol. The van der Waals surface area contributed by atoms with E-state index in [9.17, 15) is 10.1 Å². The Morgan fingerprint density at radius 2 is 2.00 bits per heavy atom. The van der Waals surface area contributed by atoms with E-state index in [1.165, 1.54) is 0 Å². The molecule has 108 valence electrons. The Morgan fingerprint density at radius 1 is 1.40 bits per heavy atom. The van der Waals surface area contributed by atoms with Gasteiger partial charge in [0, 0.05) is 0 Å². The number of rotatable bonds is 6. The van der Waals surface area contributed by atoms with Gasteiger partial charge in [0.1, 0.15) is 5.41 Å². The number of hydrogen-bond acceptors (Lipinski definition) is 2. The molecular weight excluding hydrogens is 340 g/mol. The van der Waals surface area contributed by atoms with Crippen LogP contribution in [0.5, 0.6) is 0 Å². The van der Waals surface area contributed by atoms with E-state index < -0.39 is 5.41 Å². The van der Waals surface area contributed by atoms with Crippen LogP contribution in [0.2, 0.25) is 5.02 Å². The summed E-state index contributed by atoms with van der Waals surface area (Å²) in [7, 11) is 0. The monoisotopic (exact) mass is 356 g/mol. The summed E-state index contributed by atoms with van der Waals surface area (Å²) < 4.78 is 0.634. The fraction of sp³-hybridized carbons (Fsp3) is 0.467. The van der Waals surface area contributed by atoms with E-state index in [1.54, 1.807) is 18.2 Å². The fourth-order valence-corrected chi connectivity index (χ4v) is 2.75. The van der Waals surface area contributed by atoms with Gasteiger partial charge in [0.25, 0.3) is 0 Å². The first-order chi connectivity index (χ1) is 9.50. The lowest BCUT2D eigenvalue weighted by molar-refractivity contribution is -0.123. The molecule has 0 saturated carbocycles. The van der Waals surface area contributed by atoms with E-state index in [4.69, 9.17) is 11.6 Å². The van der Waals surface area contributed by atoms with Crippen molar-refractivity contribution >= 4 is 39.1 Å². The molecule has 20 heavy (non-hydrogen) atoms. The maximum Gasteiger partial charge on any atom is 0.244 e. The molecule has 1 rings (SSSR count). The largest absolute Gasteiger partial charge is 0.324 e. The molecule has 1 N–H and O–H groups in total. The zero-order chi connectivity index (χ0) is 15.2. The molecule has 0 aliphatic carbocycles. The summed E-state index contributed by atoms with van der Waals surface area (Å²) in [5.41, 5.74) is -0.375. The second-order valence-corrected chi connectivity index (χ2v) is 5.95. The Kier molecular flexibility index (Phi) is 6.51. The van der Waals surface area contributed by atoms with Gasteiger partial charge in [-0.3, -0.25) is 4.79 Å². The number of halogens is 2.